The molecule has 0 amide bonds. The van der Waals surface area contributed by atoms with E-state index < -0.39 is 0 Å². The number of rotatable bonds is 7. The fourth-order valence-electron chi connectivity index (χ4n) is 1.98. The van der Waals surface area contributed by atoms with Crippen molar-refractivity contribution in [3.63, 3.8) is 0 Å². The highest BCUT2D eigenvalue weighted by atomic mass is 19.1. The molecule has 0 aliphatic rings. The van der Waals surface area contributed by atoms with Gasteiger partial charge >= 0.3 is 0 Å². The van der Waals surface area contributed by atoms with Crippen LogP contribution in [0.25, 0.3) is 0 Å². The van der Waals surface area contributed by atoms with Gasteiger partial charge in [-0.2, -0.15) is 0 Å². The van der Waals surface area contributed by atoms with Gasteiger partial charge in [0.15, 0.2) is 0 Å². The van der Waals surface area contributed by atoms with E-state index in [0.717, 1.165) is 17.8 Å². The van der Waals surface area contributed by atoms with E-state index in [1.807, 2.05) is 33.9 Å². The molecular formula is C15H25FN2O. The zero-order chi connectivity index (χ0) is 14.4. The lowest BCUT2D eigenvalue weighted by atomic mass is 10.0. The Hall–Kier alpha value is -1.13. The first-order valence-corrected chi connectivity index (χ1v) is 6.77. The van der Waals surface area contributed by atoms with Crippen LogP contribution in [-0.4, -0.2) is 32.3 Å². The number of hydrogen-bond acceptors (Lipinski definition) is 3. The SMILES string of the molecule is CC(N)Cc1cc(F)ccc1N(C)CCOC(C)C. The predicted molar refractivity (Wildman–Crippen MR) is 78.1 cm³/mol. The highest BCUT2D eigenvalue weighted by molar-refractivity contribution is 5.53. The molecule has 4 heteroatoms. The minimum Gasteiger partial charge on any atom is -0.377 e. The van der Waals surface area contributed by atoms with Gasteiger partial charge in [-0.05, 0) is 51.0 Å². The van der Waals surface area contributed by atoms with E-state index in [9.17, 15) is 4.39 Å². The van der Waals surface area contributed by atoms with Crippen LogP contribution in [0.15, 0.2) is 18.2 Å². The second-order valence-electron chi connectivity index (χ2n) is 5.30. The van der Waals surface area contributed by atoms with Gasteiger partial charge in [-0.25, -0.2) is 4.39 Å². The third-order valence-corrected chi connectivity index (χ3v) is 2.87. The van der Waals surface area contributed by atoms with Crippen molar-refractivity contribution in [1.29, 1.82) is 0 Å². The molecule has 0 aromatic heterocycles. The summed E-state index contributed by atoms with van der Waals surface area (Å²) in [7, 11) is 1.99. The van der Waals surface area contributed by atoms with Crippen LogP contribution in [0.5, 0.6) is 0 Å². The molecular weight excluding hydrogens is 243 g/mol. The van der Waals surface area contributed by atoms with Crippen molar-refractivity contribution in [2.75, 3.05) is 25.1 Å². The summed E-state index contributed by atoms with van der Waals surface area (Å²) in [5.74, 6) is -0.216. The number of nitrogens with zero attached hydrogens (tertiary/aromatic N) is 1. The molecule has 108 valence electrons. The quantitative estimate of drug-likeness (QED) is 0.826. The molecule has 0 radical (unpaired) electrons. The van der Waals surface area contributed by atoms with E-state index in [4.69, 9.17) is 10.5 Å². The first-order chi connectivity index (χ1) is 8.90. The predicted octanol–water partition coefficient (Wildman–Crippen LogP) is 2.58. The van der Waals surface area contributed by atoms with Gasteiger partial charge in [0.05, 0.1) is 12.7 Å². The van der Waals surface area contributed by atoms with Crippen LogP contribution < -0.4 is 10.6 Å². The van der Waals surface area contributed by atoms with Crippen LogP contribution in [0.2, 0.25) is 0 Å². The van der Waals surface area contributed by atoms with Crippen molar-refractivity contribution < 1.29 is 9.13 Å². The zero-order valence-corrected chi connectivity index (χ0v) is 12.3. The lowest BCUT2D eigenvalue weighted by molar-refractivity contribution is 0.0846. The Bertz CT molecular complexity index is 394. The minimum atomic E-state index is -0.216. The Morgan fingerprint density at radius 1 is 1.32 bits per heavy atom. The van der Waals surface area contributed by atoms with E-state index in [0.29, 0.717) is 13.0 Å². The van der Waals surface area contributed by atoms with Crippen molar-refractivity contribution in [1.82, 2.24) is 0 Å². The van der Waals surface area contributed by atoms with E-state index in [-0.39, 0.29) is 18.0 Å². The molecule has 1 aromatic carbocycles. The summed E-state index contributed by atoms with van der Waals surface area (Å²) in [5, 5.41) is 0. The molecule has 0 fully saturated rings. The van der Waals surface area contributed by atoms with Crippen LogP contribution in [-0.2, 0) is 11.2 Å². The van der Waals surface area contributed by atoms with Gasteiger partial charge in [0.1, 0.15) is 5.82 Å². The van der Waals surface area contributed by atoms with Crippen molar-refractivity contribution in [2.24, 2.45) is 5.73 Å². The Morgan fingerprint density at radius 3 is 2.58 bits per heavy atom. The standard InChI is InChI=1S/C15H25FN2O/c1-11(2)19-8-7-18(4)15-6-5-14(16)10-13(15)9-12(3)17/h5-6,10-12H,7-9,17H2,1-4H3. The average molecular weight is 268 g/mol. The summed E-state index contributed by atoms with van der Waals surface area (Å²) < 4.78 is 18.9. The molecule has 0 saturated heterocycles. The lowest BCUT2D eigenvalue weighted by Gasteiger charge is -2.23. The molecule has 0 bridgehead atoms. The zero-order valence-electron chi connectivity index (χ0n) is 12.3. The largest absolute Gasteiger partial charge is 0.377 e. The Balaban J connectivity index is 2.74. The van der Waals surface area contributed by atoms with Gasteiger partial charge in [0.25, 0.3) is 0 Å². The molecule has 1 unspecified atom stereocenters. The number of benzene rings is 1. The summed E-state index contributed by atoms with van der Waals surface area (Å²) in [6, 6.07) is 4.88. The first kappa shape index (κ1) is 15.9. The van der Waals surface area contributed by atoms with Crippen molar-refractivity contribution in [3.05, 3.63) is 29.6 Å². The van der Waals surface area contributed by atoms with Gasteiger partial charge in [0, 0.05) is 25.3 Å². The highest BCUT2D eigenvalue weighted by Crippen LogP contribution is 2.22. The molecule has 19 heavy (non-hydrogen) atoms. The molecule has 0 aliphatic carbocycles. The van der Waals surface area contributed by atoms with Crippen molar-refractivity contribution >= 4 is 5.69 Å². The van der Waals surface area contributed by atoms with Crippen molar-refractivity contribution in [3.8, 4) is 0 Å². The molecule has 0 aliphatic heterocycles. The second-order valence-corrected chi connectivity index (χ2v) is 5.30. The Kier molecular flexibility index (Phi) is 6.25. The van der Waals surface area contributed by atoms with Gasteiger partial charge in [-0.3, -0.25) is 0 Å². The van der Waals surface area contributed by atoms with Gasteiger partial charge < -0.3 is 15.4 Å². The monoisotopic (exact) mass is 268 g/mol. The third-order valence-electron chi connectivity index (χ3n) is 2.87. The van der Waals surface area contributed by atoms with E-state index in [1.54, 1.807) is 6.07 Å². The third kappa shape index (κ3) is 5.57. The number of hydrogen-bond donors (Lipinski definition) is 1. The number of halogens is 1. The molecule has 0 spiro atoms. The fraction of sp³-hybridized carbons (Fsp3) is 0.600. The average Bonchev–Trinajstić information content (AvgIpc) is 2.27. The summed E-state index contributed by atoms with van der Waals surface area (Å²) in [5.41, 5.74) is 7.78. The number of nitrogens with two attached hydrogens (primary N) is 1. The molecule has 3 nitrogen and oxygen atoms in total. The lowest BCUT2D eigenvalue weighted by Crippen LogP contribution is -2.26. The maximum atomic E-state index is 13.3. The summed E-state index contributed by atoms with van der Waals surface area (Å²) in [6.07, 6.45) is 0.896. The first-order valence-electron chi connectivity index (χ1n) is 6.77. The van der Waals surface area contributed by atoms with E-state index >= 15 is 0 Å². The molecule has 0 saturated carbocycles. The van der Waals surface area contributed by atoms with Gasteiger partial charge in [0.2, 0.25) is 0 Å². The van der Waals surface area contributed by atoms with Crippen LogP contribution in [0.4, 0.5) is 10.1 Å². The number of likely N-dealkylation sites (N-methyl/N-ethyl adjacent to an activating group) is 1. The smallest absolute Gasteiger partial charge is 0.123 e. The topological polar surface area (TPSA) is 38.5 Å². The number of ether oxygens (including phenoxy) is 1. The Labute approximate surface area is 115 Å². The summed E-state index contributed by atoms with van der Waals surface area (Å²) in [6.45, 7) is 7.38. The van der Waals surface area contributed by atoms with Gasteiger partial charge in [-0.1, -0.05) is 0 Å². The maximum absolute atomic E-state index is 13.3. The molecule has 2 N–H and O–H groups in total. The summed E-state index contributed by atoms with van der Waals surface area (Å²) in [4.78, 5) is 2.08. The highest BCUT2D eigenvalue weighted by Gasteiger charge is 2.10. The molecule has 1 aromatic rings. The normalized spacial score (nSPS) is 12.8. The minimum absolute atomic E-state index is 0.0147. The van der Waals surface area contributed by atoms with Crippen LogP contribution >= 0.6 is 0 Å². The van der Waals surface area contributed by atoms with E-state index in [1.165, 1.54) is 6.07 Å². The van der Waals surface area contributed by atoms with Crippen LogP contribution in [0.3, 0.4) is 0 Å². The van der Waals surface area contributed by atoms with Crippen LogP contribution in [0.1, 0.15) is 26.3 Å². The molecule has 1 atom stereocenters. The fourth-order valence-corrected chi connectivity index (χ4v) is 1.98. The molecule has 0 heterocycles. The second kappa shape index (κ2) is 7.46. The Morgan fingerprint density at radius 2 is 2.00 bits per heavy atom. The van der Waals surface area contributed by atoms with Crippen LogP contribution in [0, 0.1) is 5.82 Å². The summed E-state index contributed by atoms with van der Waals surface area (Å²) >= 11 is 0. The molecule has 1 rings (SSSR count). The maximum Gasteiger partial charge on any atom is 0.123 e. The van der Waals surface area contributed by atoms with E-state index in [2.05, 4.69) is 4.90 Å². The van der Waals surface area contributed by atoms with Crippen molar-refractivity contribution in [2.45, 2.75) is 39.3 Å². The van der Waals surface area contributed by atoms with Gasteiger partial charge in [-0.15, -0.1) is 0 Å². The number of anilines is 1.